The van der Waals surface area contributed by atoms with Crippen molar-refractivity contribution in [1.29, 1.82) is 0 Å². The van der Waals surface area contributed by atoms with Gasteiger partial charge in [0.25, 0.3) is 0 Å². The van der Waals surface area contributed by atoms with Crippen LogP contribution in [0.3, 0.4) is 0 Å². The first-order chi connectivity index (χ1) is 8.83. The summed E-state index contributed by atoms with van der Waals surface area (Å²) in [5, 5.41) is 4.42. The average molecular weight is 265 g/mol. The Balaban J connectivity index is 1.41. The van der Waals surface area contributed by atoms with E-state index in [1.54, 1.807) is 0 Å². The van der Waals surface area contributed by atoms with Crippen molar-refractivity contribution in [2.45, 2.75) is 31.8 Å². The van der Waals surface area contributed by atoms with E-state index in [4.69, 9.17) is 11.6 Å². The summed E-state index contributed by atoms with van der Waals surface area (Å²) in [6.45, 7) is 4.61. The first-order valence-electron chi connectivity index (χ1n) is 7.01. The minimum absolute atomic E-state index is 0.827. The van der Waals surface area contributed by atoms with Gasteiger partial charge in [-0.3, -0.25) is 0 Å². The number of nitrogens with one attached hydrogen (secondary N) is 1. The van der Waals surface area contributed by atoms with Crippen molar-refractivity contribution >= 4 is 11.6 Å². The molecule has 2 nitrogen and oxygen atoms in total. The Labute approximate surface area is 114 Å². The van der Waals surface area contributed by atoms with Crippen LogP contribution in [-0.2, 0) is 6.54 Å². The summed E-state index contributed by atoms with van der Waals surface area (Å²) < 4.78 is 0. The second-order valence-corrected chi connectivity index (χ2v) is 6.01. The zero-order chi connectivity index (χ0) is 12.4. The third-order valence-corrected chi connectivity index (χ3v) is 4.46. The fourth-order valence-corrected chi connectivity index (χ4v) is 3.06. The third-order valence-electron chi connectivity index (χ3n) is 4.09. The molecular formula is C15H21ClN2. The molecule has 3 heteroatoms. The maximum Gasteiger partial charge on any atom is 0.0450 e. The van der Waals surface area contributed by atoms with Crippen molar-refractivity contribution in [1.82, 2.24) is 10.2 Å². The van der Waals surface area contributed by atoms with Gasteiger partial charge in [-0.2, -0.15) is 0 Å². The maximum atomic E-state index is 6.14. The molecule has 0 radical (unpaired) electrons. The van der Waals surface area contributed by atoms with Gasteiger partial charge in [0.1, 0.15) is 0 Å². The molecule has 1 heterocycles. The predicted molar refractivity (Wildman–Crippen MR) is 75.9 cm³/mol. The highest BCUT2D eigenvalue weighted by Gasteiger charge is 2.33. The molecule has 1 aliphatic carbocycles. The number of nitrogens with zero attached hydrogens (tertiary/aromatic N) is 1. The van der Waals surface area contributed by atoms with E-state index in [0.29, 0.717) is 0 Å². The molecule has 3 rings (SSSR count). The second-order valence-electron chi connectivity index (χ2n) is 5.60. The molecule has 1 unspecified atom stereocenters. The SMILES string of the molecule is Clc1ccccc1CNCC1CCN(C2CC2)C1. The number of hydrogen-bond donors (Lipinski definition) is 1. The van der Waals surface area contributed by atoms with Crippen molar-refractivity contribution in [3.8, 4) is 0 Å². The van der Waals surface area contributed by atoms with E-state index in [1.165, 1.54) is 37.9 Å². The van der Waals surface area contributed by atoms with E-state index in [-0.39, 0.29) is 0 Å². The third kappa shape index (κ3) is 3.05. The van der Waals surface area contributed by atoms with E-state index in [1.807, 2.05) is 18.2 Å². The molecular weight excluding hydrogens is 244 g/mol. The van der Waals surface area contributed by atoms with Crippen molar-refractivity contribution < 1.29 is 0 Å². The van der Waals surface area contributed by atoms with E-state index >= 15 is 0 Å². The van der Waals surface area contributed by atoms with Crippen LogP contribution in [0.2, 0.25) is 5.02 Å². The lowest BCUT2D eigenvalue weighted by molar-refractivity contribution is 0.312. The molecule has 2 fully saturated rings. The summed E-state index contributed by atoms with van der Waals surface area (Å²) >= 11 is 6.14. The highest BCUT2D eigenvalue weighted by atomic mass is 35.5. The molecule has 0 spiro atoms. The van der Waals surface area contributed by atoms with Gasteiger partial charge in [0.05, 0.1) is 0 Å². The summed E-state index contributed by atoms with van der Waals surface area (Å²) in [6, 6.07) is 9.02. The number of hydrogen-bond acceptors (Lipinski definition) is 2. The van der Waals surface area contributed by atoms with Gasteiger partial charge in [-0.1, -0.05) is 29.8 Å². The van der Waals surface area contributed by atoms with E-state index in [2.05, 4.69) is 16.3 Å². The number of halogens is 1. The molecule has 1 aliphatic heterocycles. The Kier molecular flexibility index (Phi) is 3.88. The molecule has 1 saturated carbocycles. The summed E-state index contributed by atoms with van der Waals surface area (Å²) in [5.74, 6) is 0.827. The molecule has 1 aromatic carbocycles. The average Bonchev–Trinajstić information content (AvgIpc) is 3.12. The second kappa shape index (κ2) is 5.60. The minimum Gasteiger partial charge on any atom is -0.312 e. The lowest BCUT2D eigenvalue weighted by Crippen LogP contribution is -2.27. The summed E-state index contributed by atoms with van der Waals surface area (Å²) in [5.41, 5.74) is 1.20. The van der Waals surface area contributed by atoms with Gasteiger partial charge in [0.15, 0.2) is 0 Å². The molecule has 1 N–H and O–H groups in total. The molecule has 1 saturated heterocycles. The van der Waals surface area contributed by atoms with Crippen LogP contribution >= 0.6 is 11.6 Å². The van der Waals surface area contributed by atoms with Crippen LogP contribution in [-0.4, -0.2) is 30.6 Å². The van der Waals surface area contributed by atoms with Gasteiger partial charge < -0.3 is 10.2 Å². The van der Waals surface area contributed by atoms with Crippen molar-refractivity contribution in [3.05, 3.63) is 34.9 Å². The van der Waals surface area contributed by atoms with Crippen molar-refractivity contribution in [2.75, 3.05) is 19.6 Å². The quantitative estimate of drug-likeness (QED) is 0.880. The highest BCUT2D eigenvalue weighted by molar-refractivity contribution is 6.31. The molecule has 0 aromatic heterocycles. The molecule has 2 aliphatic rings. The molecule has 1 atom stereocenters. The normalized spacial score (nSPS) is 24.6. The Bertz CT molecular complexity index is 403. The Morgan fingerprint density at radius 2 is 2.06 bits per heavy atom. The van der Waals surface area contributed by atoms with Gasteiger partial charge >= 0.3 is 0 Å². The lowest BCUT2D eigenvalue weighted by Gasteiger charge is -2.15. The first kappa shape index (κ1) is 12.5. The monoisotopic (exact) mass is 264 g/mol. The minimum atomic E-state index is 0.827. The molecule has 0 amide bonds. The zero-order valence-electron chi connectivity index (χ0n) is 10.7. The van der Waals surface area contributed by atoms with E-state index in [0.717, 1.165) is 30.1 Å². The van der Waals surface area contributed by atoms with Crippen LogP contribution in [0.15, 0.2) is 24.3 Å². The van der Waals surface area contributed by atoms with E-state index in [9.17, 15) is 0 Å². The molecule has 1 aromatic rings. The highest BCUT2D eigenvalue weighted by Crippen LogP contribution is 2.31. The van der Waals surface area contributed by atoms with Crippen LogP contribution < -0.4 is 5.32 Å². The first-order valence-corrected chi connectivity index (χ1v) is 7.39. The summed E-state index contributed by atoms with van der Waals surface area (Å²) in [7, 11) is 0. The van der Waals surface area contributed by atoms with Crippen molar-refractivity contribution in [3.63, 3.8) is 0 Å². The summed E-state index contributed by atoms with van der Waals surface area (Å²) in [6.07, 6.45) is 4.21. The Morgan fingerprint density at radius 1 is 1.22 bits per heavy atom. The molecule has 18 heavy (non-hydrogen) atoms. The summed E-state index contributed by atoms with van der Waals surface area (Å²) in [4.78, 5) is 2.67. The largest absolute Gasteiger partial charge is 0.312 e. The van der Waals surface area contributed by atoms with Gasteiger partial charge in [-0.05, 0) is 49.9 Å². The van der Waals surface area contributed by atoms with Crippen LogP contribution in [0.5, 0.6) is 0 Å². The molecule has 98 valence electrons. The fraction of sp³-hybridized carbons (Fsp3) is 0.600. The Hall–Kier alpha value is -0.570. The van der Waals surface area contributed by atoms with Crippen LogP contribution in [0.1, 0.15) is 24.8 Å². The smallest absolute Gasteiger partial charge is 0.0450 e. The van der Waals surface area contributed by atoms with Gasteiger partial charge in [-0.15, -0.1) is 0 Å². The number of rotatable bonds is 5. The Morgan fingerprint density at radius 3 is 2.83 bits per heavy atom. The zero-order valence-corrected chi connectivity index (χ0v) is 11.5. The standard InChI is InChI=1S/C15H21ClN2/c16-15-4-2-1-3-13(15)10-17-9-12-7-8-18(11-12)14-5-6-14/h1-4,12,14,17H,5-11H2. The number of likely N-dealkylation sites (tertiary alicyclic amines) is 1. The molecule has 0 bridgehead atoms. The van der Waals surface area contributed by atoms with Gasteiger partial charge in [-0.25, -0.2) is 0 Å². The number of benzene rings is 1. The van der Waals surface area contributed by atoms with Gasteiger partial charge in [0, 0.05) is 24.2 Å². The van der Waals surface area contributed by atoms with E-state index < -0.39 is 0 Å². The van der Waals surface area contributed by atoms with Crippen molar-refractivity contribution in [2.24, 2.45) is 5.92 Å². The maximum absolute atomic E-state index is 6.14. The lowest BCUT2D eigenvalue weighted by atomic mass is 10.1. The predicted octanol–water partition coefficient (Wildman–Crippen LogP) is 2.91. The van der Waals surface area contributed by atoms with Crippen LogP contribution in [0.4, 0.5) is 0 Å². The van der Waals surface area contributed by atoms with Crippen LogP contribution in [0, 0.1) is 5.92 Å². The van der Waals surface area contributed by atoms with Crippen LogP contribution in [0.25, 0.3) is 0 Å². The topological polar surface area (TPSA) is 15.3 Å². The van der Waals surface area contributed by atoms with Gasteiger partial charge in [0.2, 0.25) is 0 Å². The fourth-order valence-electron chi connectivity index (χ4n) is 2.85.